The molecule has 2 rings (SSSR count). The standard InChI is InChI=1S/C15H23NO/c1-10-8-11(2)14(12(3)9-10)15(16)13-6-4-5-7-17-13/h8-9,13,15H,4-7,16H2,1-3H3. The molecule has 2 N–H and O–H groups in total. The highest BCUT2D eigenvalue weighted by atomic mass is 16.5. The zero-order valence-corrected chi connectivity index (χ0v) is 11.1. The minimum absolute atomic E-state index is 0.0240. The number of hydrogen-bond donors (Lipinski definition) is 1. The van der Waals surface area contributed by atoms with Gasteiger partial charge in [0, 0.05) is 6.61 Å². The fraction of sp³-hybridized carbons (Fsp3) is 0.600. The molecule has 2 atom stereocenters. The zero-order valence-electron chi connectivity index (χ0n) is 11.1. The lowest BCUT2D eigenvalue weighted by Gasteiger charge is -2.30. The molecule has 1 heterocycles. The predicted octanol–water partition coefficient (Wildman–Crippen LogP) is 3.18. The van der Waals surface area contributed by atoms with Gasteiger partial charge in [0.15, 0.2) is 0 Å². The van der Waals surface area contributed by atoms with E-state index in [9.17, 15) is 0 Å². The van der Waals surface area contributed by atoms with Gasteiger partial charge in [-0.1, -0.05) is 17.7 Å². The fourth-order valence-electron chi connectivity index (χ4n) is 2.95. The van der Waals surface area contributed by atoms with E-state index in [1.54, 1.807) is 0 Å². The fourth-order valence-corrected chi connectivity index (χ4v) is 2.95. The summed E-state index contributed by atoms with van der Waals surface area (Å²) in [6, 6.07) is 4.45. The first kappa shape index (κ1) is 12.6. The van der Waals surface area contributed by atoms with Crippen LogP contribution in [0, 0.1) is 20.8 Å². The van der Waals surface area contributed by atoms with Crippen LogP contribution in [0.1, 0.15) is 47.6 Å². The Morgan fingerprint density at radius 1 is 1.18 bits per heavy atom. The van der Waals surface area contributed by atoms with Crippen molar-refractivity contribution in [1.29, 1.82) is 0 Å². The molecular formula is C15H23NO. The maximum atomic E-state index is 6.40. The van der Waals surface area contributed by atoms with Crippen molar-refractivity contribution < 1.29 is 4.74 Å². The Morgan fingerprint density at radius 3 is 2.35 bits per heavy atom. The molecule has 0 radical (unpaired) electrons. The summed E-state index contributed by atoms with van der Waals surface area (Å²) in [6.07, 6.45) is 3.70. The zero-order chi connectivity index (χ0) is 12.4. The van der Waals surface area contributed by atoms with E-state index in [1.807, 2.05) is 0 Å². The van der Waals surface area contributed by atoms with Crippen LogP contribution < -0.4 is 5.73 Å². The van der Waals surface area contributed by atoms with Crippen LogP contribution in [0.2, 0.25) is 0 Å². The van der Waals surface area contributed by atoms with E-state index < -0.39 is 0 Å². The largest absolute Gasteiger partial charge is 0.376 e. The van der Waals surface area contributed by atoms with Crippen LogP contribution in [0.3, 0.4) is 0 Å². The topological polar surface area (TPSA) is 35.2 Å². The van der Waals surface area contributed by atoms with E-state index in [4.69, 9.17) is 10.5 Å². The smallest absolute Gasteiger partial charge is 0.0767 e. The molecule has 1 aromatic carbocycles. The maximum Gasteiger partial charge on any atom is 0.0767 e. The second-order valence-corrected chi connectivity index (χ2v) is 5.24. The lowest BCUT2D eigenvalue weighted by Crippen LogP contribution is -2.32. The third-order valence-electron chi connectivity index (χ3n) is 3.69. The van der Waals surface area contributed by atoms with Crippen LogP contribution in [0.4, 0.5) is 0 Å². The Bertz CT molecular complexity index is 371. The first-order chi connectivity index (χ1) is 8.09. The van der Waals surface area contributed by atoms with Gasteiger partial charge in [-0.15, -0.1) is 0 Å². The first-order valence-corrected chi connectivity index (χ1v) is 6.54. The molecule has 1 fully saturated rings. The van der Waals surface area contributed by atoms with Gasteiger partial charge in [0.25, 0.3) is 0 Å². The minimum Gasteiger partial charge on any atom is -0.376 e. The molecule has 94 valence electrons. The maximum absolute atomic E-state index is 6.40. The van der Waals surface area contributed by atoms with Gasteiger partial charge in [-0.2, -0.15) is 0 Å². The van der Waals surface area contributed by atoms with Crippen molar-refractivity contribution in [3.8, 4) is 0 Å². The van der Waals surface area contributed by atoms with E-state index in [2.05, 4.69) is 32.9 Å². The number of nitrogens with two attached hydrogens (primary N) is 1. The SMILES string of the molecule is Cc1cc(C)c(C(N)C2CCCCO2)c(C)c1. The van der Waals surface area contributed by atoms with Crippen LogP contribution in [-0.2, 0) is 4.74 Å². The molecule has 0 aliphatic carbocycles. The summed E-state index contributed by atoms with van der Waals surface area (Å²) in [5.41, 5.74) is 11.6. The van der Waals surface area contributed by atoms with E-state index in [0.717, 1.165) is 13.0 Å². The average Bonchev–Trinajstić information content (AvgIpc) is 2.28. The van der Waals surface area contributed by atoms with Crippen molar-refractivity contribution >= 4 is 0 Å². The molecule has 0 saturated carbocycles. The molecular weight excluding hydrogens is 210 g/mol. The highest BCUT2D eigenvalue weighted by Gasteiger charge is 2.25. The summed E-state index contributed by atoms with van der Waals surface area (Å²) in [7, 11) is 0. The summed E-state index contributed by atoms with van der Waals surface area (Å²) in [4.78, 5) is 0. The molecule has 2 unspecified atom stereocenters. The Kier molecular flexibility index (Phi) is 3.85. The summed E-state index contributed by atoms with van der Waals surface area (Å²) in [5.74, 6) is 0. The van der Waals surface area contributed by atoms with Crippen molar-refractivity contribution in [2.24, 2.45) is 5.73 Å². The second kappa shape index (κ2) is 5.19. The van der Waals surface area contributed by atoms with Crippen LogP contribution in [0.25, 0.3) is 0 Å². The van der Waals surface area contributed by atoms with Gasteiger partial charge in [-0.25, -0.2) is 0 Å². The van der Waals surface area contributed by atoms with Gasteiger partial charge in [0.1, 0.15) is 0 Å². The number of hydrogen-bond acceptors (Lipinski definition) is 2. The van der Waals surface area contributed by atoms with E-state index in [1.165, 1.54) is 35.1 Å². The molecule has 17 heavy (non-hydrogen) atoms. The molecule has 2 heteroatoms. The highest BCUT2D eigenvalue weighted by molar-refractivity contribution is 5.40. The Hall–Kier alpha value is -0.860. The van der Waals surface area contributed by atoms with E-state index >= 15 is 0 Å². The van der Waals surface area contributed by atoms with Crippen molar-refractivity contribution in [3.05, 3.63) is 34.4 Å². The van der Waals surface area contributed by atoms with Gasteiger partial charge in [0.2, 0.25) is 0 Å². The van der Waals surface area contributed by atoms with Gasteiger partial charge >= 0.3 is 0 Å². The quantitative estimate of drug-likeness (QED) is 0.851. The van der Waals surface area contributed by atoms with Gasteiger partial charge < -0.3 is 10.5 Å². The van der Waals surface area contributed by atoms with Crippen molar-refractivity contribution in [1.82, 2.24) is 0 Å². The number of ether oxygens (including phenoxy) is 1. The number of rotatable bonds is 2. The van der Waals surface area contributed by atoms with Crippen LogP contribution in [0.5, 0.6) is 0 Å². The lowest BCUT2D eigenvalue weighted by atomic mass is 9.89. The molecule has 1 aromatic rings. The first-order valence-electron chi connectivity index (χ1n) is 6.54. The van der Waals surface area contributed by atoms with Crippen LogP contribution >= 0.6 is 0 Å². The summed E-state index contributed by atoms with van der Waals surface area (Å²) < 4.78 is 5.81. The summed E-state index contributed by atoms with van der Waals surface area (Å²) in [6.45, 7) is 7.30. The minimum atomic E-state index is 0.0240. The van der Waals surface area contributed by atoms with Crippen LogP contribution in [-0.4, -0.2) is 12.7 Å². The predicted molar refractivity (Wildman–Crippen MR) is 71.2 cm³/mol. The molecule has 0 aromatic heterocycles. The van der Waals surface area contributed by atoms with E-state index in [0.29, 0.717) is 0 Å². The lowest BCUT2D eigenvalue weighted by molar-refractivity contribution is -0.000220. The second-order valence-electron chi connectivity index (χ2n) is 5.24. The van der Waals surface area contributed by atoms with Crippen molar-refractivity contribution in [2.45, 2.75) is 52.2 Å². The van der Waals surface area contributed by atoms with Crippen molar-refractivity contribution in [2.75, 3.05) is 6.61 Å². The summed E-state index contributed by atoms with van der Waals surface area (Å²) in [5, 5.41) is 0. The molecule has 0 bridgehead atoms. The van der Waals surface area contributed by atoms with E-state index in [-0.39, 0.29) is 12.1 Å². The Balaban J connectivity index is 2.26. The normalized spacial score (nSPS) is 22.5. The third kappa shape index (κ3) is 2.70. The molecule has 0 amide bonds. The van der Waals surface area contributed by atoms with Crippen LogP contribution in [0.15, 0.2) is 12.1 Å². The third-order valence-corrected chi connectivity index (χ3v) is 3.69. The van der Waals surface area contributed by atoms with Gasteiger partial charge in [-0.05, 0) is 56.7 Å². The Labute approximate surface area is 104 Å². The number of benzene rings is 1. The average molecular weight is 233 g/mol. The van der Waals surface area contributed by atoms with Crippen molar-refractivity contribution in [3.63, 3.8) is 0 Å². The highest BCUT2D eigenvalue weighted by Crippen LogP contribution is 2.29. The molecule has 1 aliphatic rings. The van der Waals surface area contributed by atoms with Gasteiger partial charge in [0.05, 0.1) is 12.1 Å². The van der Waals surface area contributed by atoms with Gasteiger partial charge in [-0.3, -0.25) is 0 Å². The molecule has 2 nitrogen and oxygen atoms in total. The Morgan fingerprint density at radius 2 is 1.82 bits per heavy atom. The molecule has 1 aliphatic heterocycles. The molecule has 1 saturated heterocycles. The monoisotopic (exact) mass is 233 g/mol. The molecule has 0 spiro atoms. The number of aryl methyl sites for hydroxylation is 3. The summed E-state index contributed by atoms with van der Waals surface area (Å²) >= 11 is 0.